The highest BCUT2D eigenvalue weighted by Crippen LogP contribution is 2.22. The van der Waals surface area contributed by atoms with E-state index in [-0.39, 0.29) is 22.2 Å². The molecule has 0 radical (unpaired) electrons. The second-order valence-electron chi connectivity index (χ2n) is 3.22. The third kappa shape index (κ3) is 3.87. The van der Waals surface area contributed by atoms with Gasteiger partial charge in [-0.05, 0) is 12.5 Å². The van der Waals surface area contributed by atoms with Gasteiger partial charge in [0.05, 0.1) is 15.5 Å². The Morgan fingerprint density at radius 2 is 2.18 bits per heavy atom. The first-order chi connectivity index (χ1) is 8.06. The van der Waals surface area contributed by atoms with E-state index in [1.165, 1.54) is 12.1 Å². The highest BCUT2D eigenvalue weighted by molar-refractivity contribution is 6.34. The summed E-state index contributed by atoms with van der Waals surface area (Å²) in [6.07, 6.45) is 0.651. The first-order valence-electron chi connectivity index (χ1n) is 4.84. The number of nitro benzene ring substituents is 1. The summed E-state index contributed by atoms with van der Waals surface area (Å²) >= 11 is 11.3. The van der Waals surface area contributed by atoms with Gasteiger partial charge in [0.2, 0.25) is 0 Å². The van der Waals surface area contributed by atoms with Crippen molar-refractivity contribution in [3.63, 3.8) is 0 Å². The van der Waals surface area contributed by atoms with Crippen molar-refractivity contribution in [2.24, 2.45) is 0 Å². The average Bonchev–Trinajstić information content (AvgIpc) is 2.28. The van der Waals surface area contributed by atoms with Crippen LogP contribution in [0, 0.1) is 10.1 Å². The molecule has 5 nitrogen and oxygen atoms in total. The lowest BCUT2D eigenvalue weighted by atomic mass is 10.2. The number of benzene rings is 1. The van der Waals surface area contributed by atoms with Gasteiger partial charge in [0.25, 0.3) is 11.6 Å². The molecule has 92 valence electrons. The Labute approximate surface area is 108 Å². The van der Waals surface area contributed by atoms with E-state index in [0.29, 0.717) is 18.8 Å². The molecule has 1 N–H and O–H groups in total. The number of carbonyl (C=O) groups is 1. The van der Waals surface area contributed by atoms with E-state index in [9.17, 15) is 14.9 Å². The van der Waals surface area contributed by atoms with Crippen LogP contribution in [0.1, 0.15) is 16.8 Å². The zero-order chi connectivity index (χ0) is 12.8. The molecule has 1 amide bonds. The Morgan fingerprint density at radius 1 is 1.47 bits per heavy atom. The van der Waals surface area contributed by atoms with Gasteiger partial charge < -0.3 is 5.32 Å². The number of nitro groups is 1. The molecule has 0 unspecified atom stereocenters. The van der Waals surface area contributed by atoms with Crippen LogP contribution in [0.15, 0.2) is 18.2 Å². The van der Waals surface area contributed by atoms with E-state index in [0.717, 1.165) is 6.07 Å². The Hall–Kier alpha value is -1.33. The monoisotopic (exact) mass is 276 g/mol. The topological polar surface area (TPSA) is 72.2 Å². The lowest BCUT2D eigenvalue weighted by Gasteiger charge is -2.05. The Kier molecular flexibility index (Phi) is 5.18. The van der Waals surface area contributed by atoms with Crippen LogP contribution in [0.4, 0.5) is 5.69 Å². The summed E-state index contributed by atoms with van der Waals surface area (Å²) in [7, 11) is 0. The van der Waals surface area contributed by atoms with Crippen LogP contribution in [-0.2, 0) is 0 Å². The molecule has 7 heteroatoms. The number of non-ortho nitro benzene ring substituents is 1. The van der Waals surface area contributed by atoms with Crippen LogP contribution in [0.25, 0.3) is 0 Å². The first kappa shape index (κ1) is 13.7. The fourth-order valence-electron chi connectivity index (χ4n) is 1.17. The fraction of sp³-hybridized carbons (Fsp3) is 0.300. The number of rotatable bonds is 5. The highest BCUT2D eigenvalue weighted by Gasteiger charge is 2.14. The molecule has 0 fully saturated rings. The van der Waals surface area contributed by atoms with Crippen molar-refractivity contribution in [3.05, 3.63) is 38.9 Å². The number of halogens is 2. The van der Waals surface area contributed by atoms with Crippen molar-refractivity contribution in [1.29, 1.82) is 0 Å². The molecule has 0 aliphatic rings. The molecule has 17 heavy (non-hydrogen) atoms. The molecule has 0 bridgehead atoms. The minimum Gasteiger partial charge on any atom is -0.352 e. The summed E-state index contributed by atoms with van der Waals surface area (Å²) in [4.78, 5) is 21.5. The van der Waals surface area contributed by atoms with Crippen molar-refractivity contribution in [1.82, 2.24) is 5.32 Å². The number of nitrogens with one attached hydrogen (secondary N) is 1. The molecule has 0 atom stereocenters. The second-order valence-corrected chi connectivity index (χ2v) is 4.00. The normalized spacial score (nSPS) is 10.0. The van der Waals surface area contributed by atoms with Crippen molar-refractivity contribution >= 4 is 34.8 Å². The van der Waals surface area contributed by atoms with E-state index in [1.54, 1.807) is 0 Å². The van der Waals surface area contributed by atoms with Crippen LogP contribution >= 0.6 is 23.2 Å². The fourth-order valence-corrected chi connectivity index (χ4v) is 1.56. The van der Waals surface area contributed by atoms with Crippen LogP contribution in [0.5, 0.6) is 0 Å². The highest BCUT2D eigenvalue weighted by atomic mass is 35.5. The Bertz CT molecular complexity index is 438. The predicted octanol–water partition coefficient (Wildman–Crippen LogP) is 2.61. The first-order valence-corrected chi connectivity index (χ1v) is 5.75. The zero-order valence-corrected chi connectivity index (χ0v) is 10.3. The van der Waals surface area contributed by atoms with Crippen LogP contribution < -0.4 is 5.32 Å². The largest absolute Gasteiger partial charge is 0.352 e. The van der Waals surface area contributed by atoms with Crippen LogP contribution in [0.2, 0.25) is 5.02 Å². The average molecular weight is 277 g/mol. The lowest BCUT2D eigenvalue weighted by molar-refractivity contribution is -0.384. The van der Waals surface area contributed by atoms with Crippen molar-refractivity contribution < 1.29 is 9.72 Å². The molecule has 0 aliphatic carbocycles. The maximum absolute atomic E-state index is 11.6. The SMILES string of the molecule is O=C(NCCCCl)c1ccc([N+](=O)[O-])cc1Cl. The van der Waals surface area contributed by atoms with E-state index >= 15 is 0 Å². The van der Waals surface area contributed by atoms with Gasteiger partial charge >= 0.3 is 0 Å². The molecular formula is C10H10Cl2N2O3. The third-order valence-electron chi connectivity index (χ3n) is 2.00. The number of carbonyl (C=O) groups excluding carboxylic acids is 1. The zero-order valence-electron chi connectivity index (χ0n) is 8.78. The van der Waals surface area contributed by atoms with Crippen molar-refractivity contribution in [2.45, 2.75) is 6.42 Å². The summed E-state index contributed by atoms with van der Waals surface area (Å²) in [5.74, 6) is 0.0869. The molecule has 1 aromatic rings. The number of hydrogen-bond acceptors (Lipinski definition) is 3. The van der Waals surface area contributed by atoms with Gasteiger partial charge in [0, 0.05) is 24.6 Å². The van der Waals surface area contributed by atoms with Crippen LogP contribution in [0.3, 0.4) is 0 Å². The maximum atomic E-state index is 11.6. The summed E-state index contributed by atoms with van der Waals surface area (Å²) in [6.45, 7) is 0.440. The van der Waals surface area contributed by atoms with Gasteiger partial charge in [0.15, 0.2) is 0 Å². The van der Waals surface area contributed by atoms with E-state index in [1.807, 2.05) is 0 Å². The smallest absolute Gasteiger partial charge is 0.270 e. The number of amides is 1. The summed E-state index contributed by atoms with van der Waals surface area (Å²) < 4.78 is 0. The molecule has 0 aromatic heterocycles. The minimum absolute atomic E-state index is 0.0579. The quantitative estimate of drug-likeness (QED) is 0.389. The molecule has 0 aliphatic heterocycles. The van der Waals surface area contributed by atoms with Crippen molar-refractivity contribution in [3.8, 4) is 0 Å². The van der Waals surface area contributed by atoms with Crippen LogP contribution in [-0.4, -0.2) is 23.3 Å². The van der Waals surface area contributed by atoms with E-state index < -0.39 is 4.92 Å². The molecular weight excluding hydrogens is 267 g/mol. The Balaban J connectivity index is 2.78. The minimum atomic E-state index is -0.568. The predicted molar refractivity (Wildman–Crippen MR) is 65.8 cm³/mol. The third-order valence-corrected chi connectivity index (χ3v) is 2.58. The molecule has 1 rings (SSSR count). The second kappa shape index (κ2) is 6.42. The standard InChI is InChI=1S/C10H10Cl2N2O3/c11-4-1-5-13-10(15)8-3-2-7(14(16)17)6-9(8)12/h2-3,6H,1,4-5H2,(H,13,15). The van der Waals surface area contributed by atoms with Gasteiger partial charge in [-0.15, -0.1) is 11.6 Å². The molecule has 0 spiro atoms. The van der Waals surface area contributed by atoms with Gasteiger partial charge in [-0.2, -0.15) is 0 Å². The number of nitrogens with zero attached hydrogens (tertiary/aromatic N) is 1. The molecule has 1 aromatic carbocycles. The van der Waals surface area contributed by atoms with E-state index in [4.69, 9.17) is 23.2 Å². The van der Waals surface area contributed by atoms with Gasteiger partial charge in [-0.25, -0.2) is 0 Å². The summed E-state index contributed by atoms with van der Waals surface area (Å²) in [6, 6.07) is 3.72. The van der Waals surface area contributed by atoms with Gasteiger partial charge in [0.1, 0.15) is 0 Å². The molecule has 0 saturated carbocycles. The van der Waals surface area contributed by atoms with Gasteiger partial charge in [-0.3, -0.25) is 14.9 Å². The molecule has 0 saturated heterocycles. The summed E-state index contributed by atoms with van der Waals surface area (Å²) in [5.41, 5.74) is 0.0687. The summed E-state index contributed by atoms with van der Waals surface area (Å²) in [5, 5.41) is 13.1. The molecule has 0 heterocycles. The lowest BCUT2D eigenvalue weighted by Crippen LogP contribution is -2.24. The number of alkyl halides is 1. The maximum Gasteiger partial charge on any atom is 0.270 e. The van der Waals surface area contributed by atoms with E-state index in [2.05, 4.69) is 5.32 Å². The van der Waals surface area contributed by atoms with Gasteiger partial charge in [-0.1, -0.05) is 11.6 Å². The van der Waals surface area contributed by atoms with Crippen molar-refractivity contribution in [2.75, 3.05) is 12.4 Å². The number of hydrogen-bond donors (Lipinski definition) is 1. The Morgan fingerprint density at radius 3 is 2.71 bits per heavy atom.